The monoisotopic (exact) mass is 728 g/mol. The Morgan fingerprint density at radius 3 is 1.70 bits per heavy atom. The number of nitrogens with zero attached hydrogens (tertiary/aromatic N) is 4. The van der Waals surface area contributed by atoms with Gasteiger partial charge >= 0.3 is 0 Å². The van der Waals surface area contributed by atoms with Crippen molar-refractivity contribution in [3.05, 3.63) is 216 Å². The molecule has 5 nitrogen and oxygen atoms in total. The number of para-hydroxylation sites is 3. The van der Waals surface area contributed by atoms with Crippen LogP contribution in [-0.4, -0.2) is 19.5 Å². The number of ether oxygens (including phenoxy) is 1. The molecule has 0 saturated heterocycles. The second-order valence-electron chi connectivity index (χ2n) is 14.8. The maximum atomic E-state index is 6.64. The number of hydrogen-bond acceptors (Lipinski definition) is 4. The molecule has 0 fully saturated rings. The molecule has 1 aliphatic carbocycles. The molecule has 266 valence electrons. The molecule has 57 heavy (non-hydrogen) atoms. The topological polar surface area (TPSA) is 52.8 Å². The summed E-state index contributed by atoms with van der Waals surface area (Å²) in [6.07, 6.45) is 0. The summed E-state index contributed by atoms with van der Waals surface area (Å²) in [7, 11) is 0. The second kappa shape index (κ2) is 12.2. The Kier molecular flexibility index (Phi) is 6.78. The van der Waals surface area contributed by atoms with Crippen LogP contribution in [0.2, 0.25) is 0 Å². The molecular formula is C52H32N4O. The Labute approximate surface area is 329 Å². The number of rotatable bonds is 4. The quantitative estimate of drug-likeness (QED) is 0.181. The summed E-state index contributed by atoms with van der Waals surface area (Å²) in [4.78, 5) is 15.8. The third kappa shape index (κ3) is 4.60. The van der Waals surface area contributed by atoms with E-state index in [1.54, 1.807) is 0 Å². The SMILES string of the molecule is c1ccc(-c2cccc(-c3nc(-c4ccccc4)nc(-n4c5ccccc5c5cc6c(cc54)C4(c5ccccc5Oc5ccccc54)c4ccccc4-6)n3)c2)cc1. The van der Waals surface area contributed by atoms with Crippen molar-refractivity contribution in [3.8, 4) is 62.5 Å². The fraction of sp³-hybridized carbons (Fsp3) is 0.0192. The highest BCUT2D eigenvalue weighted by Gasteiger charge is 2.51. The molecule has 0 unspecified atom stereocenters. The minimum atomic E-state index is -0.607. The summed E-state index contributed by atoms with van der Waals surface area (Å²) in [6.45, 7) is 0. The first kappa shape index (κ1) is 31.7. The number of fused-ring (bicyclic) bond motifs is 12. The number of hydrogen-bond donors (Lipinski definition) is 0. The Morgan fingerprint density at radius 2 is 0.947 bits per heavy atom. The van der Waals surface area contributed by atoms with Crippen LogP contribution in [-0.2, 0) is 5.41 Å². The highest BCUT2D eigenvalue weighted by atomic mass is 16.5. The van der Waals surface area contributed by atoms with Gasteiger partial charge in [-0.25, -0.2) is 4.98 Å². The zero-order valence-electron chi connectivity index (χ0n) is 30.7. The van der Waals surface area contributed by atoms with Gasteiger partial charge in [0.1, 0.15) is 11.5 Å². The van der Waals surface area contributed by atoms with E-state index >= 15 is 0 Å². The minimum absolute atomic E-state index is 0.562. The average Bonchev–Trinajstić information content (AvgIpc) is 3.76. The molecule has 12 rings (SSSR count). The molecule has 8 aromatic carbocycles. The standard InChI is InChI=1S/C52H32N4O/c1-3-16-33(17-4-1)35-20-15-21-36(30-35)50-53-49(34-18-5-2-6-19-34)54-51(55-50)56-45-27-12-8-23-38(45)40-31-39-37-22-7-9-24-41(37)52(44(39)32-46(40)56)42-25-10-13-28-47(42)57-48-29-14-11-26-43(48)52/h1-32H. The van der Waals surface area contributed by atoms with E-state index in [0.717, 1.165) is 66.7 Å². The maximum absolute atomic E-state index is 6.64. The molecule has 2 aromatic heterocycles. The maximum Gasteiger partial charge on any atom is 0.238 e. The minimum Gasteiger partial charge on any atom is -0.457 e. The van der Waals surface area contributed by atoms with Crippen molar-refractivity contribution in [2.24, 2.45) is 0 Å². The van der Waals surface area contributed by atoms with Crippen LogP contribution < -0.4 is 4.74 Å². The largest absolute Gasteiger partial charge is 0.457 e. The molecule has 3 heterocycles. The lowest BCUT2D eigenvalue weighted by Crippen LogP contribution is -2.32. The first-order valence-corrected chi connectivity index (χ1v) is 19.3. The molecule has 0 radical (unpaired) electrons. The highest BCUT2D eigenvalue weighted by molar-refractivity contribution is 6.12. The fourth-order valence-corrected chi connectivity index (χ4v) is 9.31. The van der Waals surface area contributed by atoms with Gasteiger partial charge in [0.25, 0.3) is 0 Å². The molecule has 1 aliphatic heterocycles. The van der Waals surface area contributed by atoms with Crippen molar-refractivity contribution in [2.45, 2.75) is 5.41 Å². The summed E-state index contributed by atoms with van der Waals surface area (Å²) in [5, 5.41) is 2.27. The van der Waals surface area contributed by atoms with Crippen LogP contribution in [0.25, 0.3) is 72.8 Å². The fourth-order valence-electron chi connectivity index (χ4n) is 9.31. The molecule has 10 aromatic rings. The molecule has 0 bridgehead atoms. The number of aromatic nitrogens is 4. The van der Waals surface area contributed by atoms with E-state index in [4.69, 9.17) is 19.7 Å². The molecule has 0 N–H and O–H groups in total. The summed E-state index contributed by atoms with van der Waals surface area (Å²) >= 11 is 0. The van der Waals surface area contributed by atoms with Crippen LogP contribution in [0.15, 0.2) is 194 Å². The molecule has 5 heteroatoms. The zero-order chi connectivity index (χ0) is 37.5. The molecular weight excluding hydrogens is 697 g/mol. The van der Waals surface area contributed by atoms with Crippen molar-refractivity contribution in [1.82, 2.24) is 19.5 Å². The van der Waals surface area contributed by atoms with Crippen LogP contribution in [0.4, 0.5) is 0 Å². The van der Waals surface area contributed by atoms with E-state index in [1.807, 2.05) is 24.3 Å². The average molecular weight is 729 g/mol. The van der Waals surface area contributed by atoms with Crippen LogP contribution >= 0.6 is 0 Å². The van der Waals surface area contributed by atoms with Gasteiger partial charge in [-0.2, -0.15) is 9.97 Å². The van der Waals surface area contributed by atoms with E-state index in [9.17, 15) is 0 Å². The van der Waals surface area contributed by atoms with E-state index in [1.165, 1.54) is 22.3 Å². The van der Waals surface area contributed by atoms with Crippen LogP contribution in [0.5, 0.6) is 11.5 Å². The van der Waals surface area contributed by atoms with Gasteiger partial charge in [0, 0.05) is 33.0 Å². The third-order valence-electron chi connectivity index (χ3n) is 11.7. The summed E-state index contributed by atoms with van der Waals surface area (Å²) < 4.78 is 8.87. The predicted molar refractivity (Wildman–Crippen MR) is 228 cm³/mol. The zero-order valence-corrected chi connectivity index (χ0v) is 30.7. The lowest BCUT2D eigenvalue weighted by Gasteiger charge is -2.39. The van der Waals surface area contributed by atoms with Gasteiger partial charge in [0.05, 0.1) is 16.4 Å². The van der Waals surface area contributed by atoms with Crippen molar-refractivity contribution >= 4 is 21.8 Å². The molecule has 0 saturated carbocycles. The predicted octanol–water partition coefficient (Wildman–Crippen LogP) is 12.4. The third-order valence-corrected chi connectivity index (χ3v) is 11.7. The summed E-state index contributed by atoms with van der Waals surface area (Å²) in [5.41, 5.74) is 12.7. The normalized spacial score (nSPS) is 13.2. The highest BCUT2D eigenvalue weighted by Crippen LogP contribution is 2.62. The molecule has 0 amide bonds. The van der Waals surface area contributed by atoms with Crippen molar-refractivity contribution < 1.29 is 4.74 Å². The van der Waals surface area contributed by atoms with Crippen molar-refractivity contribution in [3.63, 3.8) is 0 Å². The Balaban J connectivity index is 1.17. The molecule has 0 atom stereocenters. The van der Waals surface area contributed by atoms with Crippen molar-refractivity contribution in [1.29, 1.82) is 0 Å². The number of benzene rings is 8. The Hall–Kier alpha value is -7.63. The lowest BCUT2D eigenvalue weighted by atomic mass is 9.66. The van der Waals surface area contributed by atoms with Gasteiger partial charge in [-0.15, -0.1) is 0 Å². The molecule has 1 spiro atoms. The van der Waals surface area contributed by atoms with Gasteiger partial charge in [0.2, 0.25) is 5.95 Å². The smallest absolute Gasteiger partial charge is 0.238 e. The lowest BCUT2D eigenvalue weighted by molar-refractivity contribution is 0.436. The van der Waals surface area contributed by atoms with Crippen LogP contribution in [0, 0.1) is 0 Å². The van der Waals surface area contributed by atoms with E-state index in [-0.39, 0.29) is 0 Å². The van der Waals surface area contributed by atoms with E-state index in [0.29, 0.717) is 17.6 Å². The Bertz CT molecular complexity index is 3180. The van der Waals surface area contributed by atoms with E-state index in [2.05, 4.69) is 174 Å². The van der Waals surface area contributed by atoms with Crippen LogP contribution in [0.1, 0.15) is 22.3 Å². The second-order valence-corrected chi connectivity index (χ2v) is 14.8. The van der Waals surface area contributed by atoms with Gasteiger partial charge in [-0.1, -0.05) is 158 Å². The Morgan fingerprint density at radius 1 is 0.368 bits per heavy atom. The summed E-state index contributed by atoms with van der Waals surface area (Å²) in [5.74, 6) is 3.52. The van der Waals surface area contributed by atoms with Crippen LogP contribution in [0.3, 0.4) is 0 Å². The van der Waals surface area contributed by atoms with Gasteiger partial charge in [0.15, 0.2) is 11.6 Å². The first-order chi connectivity index (χ1) is 28.3. The molecule has 2 aliphatic rings. The van der Waals surface area contributed by atoms with Gasteiger partial charge in [-0.05, 0) is 69.8 Å². The summed E-state index contributed by atoms with van der Waals surface area (Å²) in [6, 6.07) is 68.3. The first-order valence-electron chi connectivity index (χ1n) is 19.3. The van der Waals surface area contributed by atoms with E-state index < -0.39 is 5.41 Å². The van der Waals surface area contributed by atoms with Crippen molar-refractivity contribution in [2.75, 3.05) is 0 Å². The van der Waals surface area contributed by atoms with Gasteiger partial charge < -0.3 is 4.74 Å². The van der Waals surface area contributed by atoms with Gasteiger partial charge in [-0.3, -0.25) is 4.57 Å².